The molecule has 0 unspecified atom stereocenters. The number of hydrogen-bond donors (Lipinski definition) is 1. The van der Waals surface area contributed by atoms with E-state index in [1.807, 2.05) is 13.8 Å². The fraction of sp³-hybridized carbons (Fsp3) is 0.625. The van der Waals surface area contributed by atoms with E-state index >= 15 is 0 Å². The summed E-state index contributed by atoms with van der Waals surface area (Å²) < 4.78 is 0. The lowest BCUT2D eigenvalue weighted by Gasteiger charge is -2.20. The van der Waals surface area contributed by atoms with Gasteiger partial charge >= 0.3 is 7.46 Å². The number of nitrogens with zero attached hydrogens (tertiary/aromatic N) is 1. The van der Waals surface area contributed by atoms with Crippen molar-refractivity contribution in [1.82, 2.24) is 4.90 Å². The van der Waals surface area contributed by atoms with Crippen LogP contribution in [-0.2, 0) is 0 Å². The second kappa shape index (κ2) is 4.77. The van der Waals surface area contributed by atoms with Crippen LogP contribution in [0.4, 0.5) is 4.79 Å². The van der Waals surface area contributed by atoms with E-state index in [0.717, 1.165) is 0 Å². The lowest BCUT2D eigenvalue weighted by Crippen LogP contribution is -2.38. The Bertz CT molecular complexity index is 148. The number of urea groups is 1. The summed E-state index contributed by atoms with van der Waals surface area (Å²) in [5.41, 5.74) is 5.11. The van der Waals surface area contributed by atoms with Crippen molar-refractivity contribution in [3.05, 3.63) is 12.7 Å². The maximum atomic E-state index is 10.7. The molecule has 0 saturated carbocycles. The molecule has 3 heteroatoms. The largest absolute Gasteiger partial charge is 1.00 e. The maximum Gasteiger partial charge on any atom is 1.00 e. The van der Waals surface area contributed by atoms with E-state index in [2.05, 4.69) is 6.58 Å². The SMILES string of the molecule is C=CCN(CC(C)C)C(N)=O.[H+]. The van der Waals surface area contributed by atoms with Crippen molar-refractivity contribution < 1.29 is 6.22 Å². The Kier molecular flexibility index (Phi) is 4.34. The van der Waals surface area contributed by atoms with E-state index in [-0.39, 0.29) is 7.46 Å². The fourth-order valence-electron chi connectivity index (χ4n) is 0.851. The summed E-state index contributed by atoms with van der Waals surface area (Å²) in [6, 6.07) is -0.376. The van der Waals surface area contributed by atoms with Crippen LogP contribution < -0.4 is 5.73 Å². The minimum absolute atomic E-state index is 0. The highest BCUT2D eigenvalue weighted by molar-refractivity contribution is 5.72. The molecule has 0 aromatic carbocycles. The first-order chi connectivity index (χ1) is 5.07. The molecule has 64 valence electrons. The fourth-order valence-corrected chi connectivity index (χ4v) is 0.851. The Labute approximate surface area is 69.4 Å². The molecule has 2 N–H and O–H groups in total. The number of nitrogens with two attached hydrogens (primary N) is 1. The lowest BCUT2D eigenvalue weighted by atomic mass is 10.2. The van der Waals surface area contributed by atoms with Crippen LogP contribution >= 0.6 is 0 Å². The number of carbonyl (C=O) groups is 1. The predicted molar refractivity (Wildman–Crippen MR) is 47.3 cm³/mol. The number of carbonyl (C=O) groups excluding carboxylic acids is 1. The summed E-state index contributed by atoms with van der Waals surface area (Å²) in [6.07, 6.45) is 1.67. The molecule has 0 aromatic rings. The van der Waals surface area contributed by atoms with Crippen molar-refractivity contribution in [3.8, 4) is 0 Å². The Hall–Kier alpha value is -0.990. The Morgan fingerprint density at radius 2 is 2.36 bits per heavy atom. The molecule has 11 heavy (non-hydrogen) atoms. The van der Waals surface area contributed by atoms with Gasteiger partial charge in [0.15, 0.2) is 0 Å². The molecule has 0 aromatic heterocycles. The highest BCUT2D eigenvalue weighted by Gasteiger charge is 2.08. The zero-order valence-corrected chi connectivity index (χ0v) is 7.21. The second-order valence-corrected chi connectivity index (χ2v) is 2.93. The molecule has 0 spiro atoms. The summed E-state index contributed by atoms with van der Waals surface area (Å²) in [5.74, 6) is 0.447. The first-order valence-electron chi connectivity index (χ1n) is 3.73. The van der Waals surface area contributed by atoms with Crippen molar-refractivity contribution in [2.24, 2.45) is 11.7 Å². The van der Waals surface area contributed by atoms with Gasteiger partial charge in [0.2, 0.25) is 0 Å². The highest BCUT2D eigenvalue weighted by Crippen LogP contribution is 1.97. The minimum Gasteiger partial charge on any atom is -0.351 e. The van der Waals surface area contributed by atoms with Crippen molar-refractivity contribution in [2.75, 3.05) is 13.1 Å². The van der Waals surface area contributed by atoms with Gasteiger partial charge in [-0.3, -0.25) is 0 Å². The van der Waals surface area contributed by atoms with E-state index in [1.165, 1.54) is 0 Å². The van der Waals surface area contributed by atoms with Gasteiger partial charge in [-0.25, -0.2) is 4.79 Å². The van der Waals surface area contributed by atoms with Gasteiger partial charge in [-0.2, -0.15) is 0 Å². The van der Waals surface area contributed by atoms with Gasteiger partial charge in [-0.15, -0.1) is 6.58 Å². The van der Waals surface area contributed by atoms with Crippen LogP contribution in [0.1, 0.15) is 15.3 Å². The number of primary amides is 1. The zero-order chi connectivity index (χ0) is 8.85. The molecule has 0 rings (SSSR count). The molecule has 0 aliphatic carbocycles. The first kappa shape index (κ1) is 10.0. The van der Waals surface area contributed by atoms with Crippen LogP contribution in [0.2, 0.25) is 0 Å². The van der Waals surface area contributed by atoms with Gasteiger partial charge in [0, 0.05) is 13.1 Å². The molecule has 0 atom stereocenters. The predicted octanol–water partition coefficient (Wildman–Crippen LogP) is 1.32. The quantitative estimate of drug-likeness (QED) is 0.615. The maximum absolute atomic E-state index is 10.7. The number of rotatable bonds is 4. The molecular formula is C8H17N2O+. The van der Waals surface area contributed by atoms with E-state index in [1.54, 1.807) is 11.0 Å². The minimum atomic E-state index is -0.376. The third-order valence-electron chi connectivity index (χ3n) is 1.25. The van der Waals surface area contributed by atoms with Crippen LogP contribution in [0.25, 0.3) is 0 Å². The summed E-state index contributed by atoms with van der Waals surface area (Å²) in [5, 5.41) is 0. The van der Waals surface area contributed by atoms with Crippen LogP contribution in [-0.4, -0.2) is 24.0 Å². The molecule has 0 bridgehead atoms. The molecule has 0 fully saturated rings. The topological polar surface area (TPSA) is 46.3 Å². The zero-order valence-electron chi connectivity index (χ0n) is 8.21. The molecule has 0 aliphatic heterocycles. The van der Waals surface area contributed by atoms with Gasteiger partial charge in [-0.05, 0) is 5.92 Å². The van der Waals surface area contributed by atoms with E-state index in [4.69, 9.17) is 5.73 Å². The Morgan fingerprint density at radius 3 is 2.64 bits per heavy atom. The third-order valence-corrected chi connectivity index (χ3v) is 1.25. The van der Waals surface area contributed by atoms with Crippen molar-refractivity contribution in [2.45, 2.75) is 13.8 Å². The van der Waals surface area contributed by atoms with Crippen molar-refractivity contribution >= 4 is 6.03 Å². The molecule has 3 nitrogen and oxygen atoms in total. The molecule has 0 radical (unpaired) electrons. The average Bonchev–Trinajstić information content (AvgIpc) is 1.86. The summed E-state index contributed by atoms with van der Waals surface area (Å²) >= 11 is 0. The smallest absolute Gasteiger partial charge is 0.351 e. The number of amides is 2. The van der Waals surface area contributed by atoms with Crippen LogP contribution in [0.3, 0.4) is 0 Å². The van der Waals surface area contributed by atoms with Gasteiger partial charge in [0.05, 0.1) is 0 Å². The molecule has 0 heterocycles. The van der Waals surface area contributed by atoms with E-state index in [9.17, 15) is 4.79 Å². The highest BCUT2D eigenvalue weighted by atomic mass is 16.2. The Balaban J connectivity index is 0. The van der Waals surface area contributed by atoms with Gasteiger partial charge in [0.25, 0.3) is 0 Å². The first-order valence-corrected chi connectivity index (χ1v) is 3.73. The van der Waals surface area contributed by atoms with Crippen LogP contribution in [0.5, 0.6) is 0 Å². The molecule has 0 aliphatic rings. The summed E-state index contributed by atoms with van der Waals surface area (Å²) in [7, 11) is 0. The Morgan fingerprint density at radius 1 is 1.82 bits per heavy atom. The lowest BCUT2D eigenvalue weighted by molar-refractivity contribution is 0.207. The average molecular weight is 157 g/mol. The van der Waals surface area contributed by atoms with Crippen molar-refractivity contribution in [3.63, 3.8) is 0 Å². The molecule has 2 amide bonds. The summed E-state index contributed by atoms with van der Waals surface area (Å²) in [6.45, 7) is 8.85. The van der Waals surface area contributed by atoms with E-state index < -0.39 is 0 Å². The number of hydrogen-bond acceptors (Lipinski definition) is 1. The van der Waals surface area contributed by atoms with Gasteiger partial charge in [-0.1, -0.05) is 19.9 Å². The van der Waals surface area contributed by atoms with Gasteiger partial charge in [0.1, 0.15) is 0 Å². The van der Waals surface area contributed by atoms with Crippen LogP contribution in [0.15, 0.2) is 12.7 Å². The second-order valence-electron chi connectivity index (χ2n) is 2.93. The summed E-state index contributed by atoms with van der Waals surface area (Å²) in [4.78, 5) is 12.3. The molecular weight excluding hydrogens is 140 g/mol. The normalized spacial score (nSPS) is 9.73. The standard InChI is InChI=1S/C8H16N2O/c1-4-5-10(8(9)11)6-7(2)3/h4,7H,1,5-6H2,2-3H3,(H2,9,11)/p+1. The third kappa shape index (κ3) is 4.42. The van der Waals surface area contributed by atoms with Crippen molar-refractivity contribution in [1.29, 1.82) is 0 Å². The monoisotopic (exact) mass is 157 g/mol. The van der Waals surface area contributed by atoms with E-state index in [0.29, 0.717) is 19.0 Å². The molecule has 0 saturated heterocycles. The van der Waals surface area contributed by atoms with Gasteiger partial charge < -0.3 is 10.6 Å². The van der Waals surface area contributed by atoms with Crippen LogP contribution in [0, 0.1) is 5.92 Å².